The van der Waals surface area contributed by atoms with E-state index in [0.29, 0.717) is 13.1 Å². The zero-order valence-corrected chi connectivity index (χ0v) is 18.3. The number of carboxylic acid groups (broad SMARTS) is 1. The van der Waals surface area contributed by atoms with Crippen molar-refractivity contribution in [3.05, 3.63) is 60.3 Å². The summed E-state index contributed by atoms with van der Waals surface area (Å²) >= 11 is 0.157. The van der Waals surface area contributed by atoms with Crippen LogP contribution in [-0.2, 0) is 11.3 Å². The zero-order chi connectivity index (χ0) is 20.4. The van der Waals surface area contributed by atoms with Gasteiger partial charge < -0.3 is 0 Å². The summed E-state index contributed by atoms with van der Waals surface area (Å²) in [4.78, 5) is 17.7. The Hall–Kier alpha value is -2.40. The van der Waals surface area contributed by atoms with Gasteiger partial charge in [0.2, 0.25) is 0 Å². The molecule has 29 heavy (non-hydrogen) atoms. The molecular weight excluding hydrogens is 431 g/mol. The van der Waals surface area contributed by atoms with E-state index in [1.54, 1.807) is 0 Å². The van der Waals surface area contributed by atoms with Gasteiger partial charge in [-0.25, -0.2) is 0 Å². The minimum atomic E-state index is -0.691. The molecule has 0 aliphatic carbocycles. The van der Waals surface area contributed by atoms with Crippen LogP contribution in [0.2, 0.25) is 0 Å². The van der Waals surface area contributed by atoms with Gasteiger partial charge >= 0.3 is 177 Å². The Bertz CT molecular complexity index is 991. The molecule has 6 heteroatoms. The second-order valence-electron chi connectivity index (χ2n) is 7.65. The van der Waals surface area contributed by atoms with Crippen LogP contribution in [0.25, 0.3) is 20.1 Å². The van der Waals surface area contributed by atoms with Crippen molar-refractivity contribution >= 4 is 20.5 Å². The van der Waals surface area contributed by atoms with E-state index in [9.17, 15) is 4.79 Å². The number of likely N-dealkylation sites (tertiary alicyclic amines) is 1. The standard InChI is InChI=1S/C23H24N2O3Se/c1-15(2)28-20-5-3-4-18(10-20)22-24-11-21(29-22)17-8-6-16(7-9-17)12-25-13-19(14-25)23(26)27/h3-11,15,19H,12-14H2,1-2H3,(H,26,27). The Balaban J connectivity index is 1.42. The fraction of sp³-hybridized carbons (Fsp3) is 0.304. The van der Waals surface area contributed by atoms with Crippen molar-refractivity contribution < 1.29 is 14.6 Å². The fourth-order valence-electron chi connectivity index (χ4n) is 3.40. The van der Waals surface area contributed by atoms with Gasteiger partial charge in [0.15, 0.2) is 0 Å². The Morgan fingerprint density at radius 1 is 1.21 bits per heavy atom. The number of ether oxygens (including phenoxy) is 1. The van der Waals surface area contributed by atoms with Crippen molar-refractivity contribution in [2.75, 3.05) is 13.1 Å². The summed E-state index contributed by atoms with van der Waals surface area (Å²) in [6.45, 7) is 6.14. The molecule has 5 nitrogen and oxygen atoms in total. The van der Waals surface area contributed by atoms with Gasteiger partial charge in [-0.2, -0.15) is 0 Å². The molecule has 2 heterocycles. The first-order chi connectivity index (χ1) is 14.0. The molecule has 0 radical (unpaired) electrons. The molecule has 1 saturated heterocycles. The van der Waals surface area contributed by atoms with Crippen molar-refractivity contribution in [1.29, 1.82) is 0 Å². The van der Waals surface area contributed by atoms with Gasteiger partial charge in [-0.1, -0.05) is 0 Å². The molecule has 1 aliphatic heterocycles. The number of carboxylic acids is 1. The molecule has 0 atom stereocenters. The summed E-state index contributed by atoms with van der Waals surface area (Å²) in [6.07, 6.45) is 2.13. The molecule has 150 valence electrons. The van der Waals surface area contributed by atoms with Crippen LogP contribution in [-0.4, -0.2) is 54.7 Å². The molecule has 1 fully saturated rings. The summed E-state index contributed by atoms with van der Waals surface area (Å²) in [7, 11) is 0. The predicted octanol–water partition coefficient (Wildman–Crippen LogP) is 3.78. The van der Waals surface area contributed by atoms with Crippen molar-refractivity contribution in [3.8, 4) is 25.9 Å². The van der Waals surface area contributed by atoms with Gasteiger partial charge in [0.05, 0.1) is 0 Å². The van der Waals surface area contributed by atoms with Crippen LogP contribution in [0.1, 0.15) is 19.4 Å². The molecule has 2 aromatic carbocycles. The van der Waals surface area contributed by atoms with Gasteiger partial charge in [0.1, 0.15) is 0 Å². The monoisotopic (exact) mass is 456 g/mol. The third-order valence-electron chi connectivity index (χ3n) is 4.91. The number of aromatic nitrogens is 1. The van der Waals surface area contributed by atoms with Crippen molar-refractivity contribution in [2.24, 2.45) is 5.92 Å². The first-order valence-corrected chi connectivity index (χ1v) is 11.5. The molecule has 1 N–H and O–H groups in total. The number of hydrogen-bond donors (Lipinski definition) is 1. The predicted molar refractivity (Wildman–Crippen MR) is 114 cm³/mol. The molecule has 0 bridgehead atoms. The van der Waals surface area contributed by atoms with Crippen LogP contribution in [0.5, 0.6) is 5.75 Å². The molecule has 1 aliphatic rings. The summed E-state index contributed by atoms with van der Waals surface area (Å²) in [5, 5.41) is 8.98. The van der Waals surface area contributed by atoms with E-state index in [1.807, 2.05) is 32.2 Å². The van der Waals surface area contributed by atoms with E-state index in [2.05, 4.69) is 46.3 Å². The Labute approximate surface area is 176 Å². The zero-order valence-electron chi connectivity index (χ0n) is 16.5. The topological polar surface area (TPSA) is 62.7 Å². The van der Waals surface area contributed by atoms with Crippen LogP contribution >= 0.6 is 0 Å². The summed E-state index contributed by atoms with van der Waals surface area (Å²) in [6, 6.07) is 16.7. The van der Waals surface area contributed by atoms with E-state index >= 15 is 0 Å². The molecule has 0 amide bonds. The number of nitrogens with zero attached hydrogens (tertiary/aromatic N) is 2. The SMILES string of the molecule is CC(C)Oc1cccc(-c2ncc(-c3ccc(CN4CC(C(=O)O)C4)cc3)[se]2)c1. The van der Waals surface area contributed by atoms with Crippen LogP contribution in [0.3, 0.4) is 0 Å². The average molecular weight is 455 g/mol. The molecular formula is C23H24N2O3Se. The van der Waals surface area contributed by atoms with Crippen LogP contribution in [0.15, 0.2) is 54.7 Å². The van der Waals surface area contributed by atoms with Gasteiger partial charge in [-0.3, -0.25) is 0 Å². The maximum atomic E-state index is 10.9. The minimum absolute atomic E-state index is 0.153. The Morgan fingerprint density at radius 3 is 2.66 bits per heavy atom. The van der Waals surface area contributed by atoms with E-state index < -0.39 is 5.97 Å². The third kappa shape index (κ3) is 4.78. The molecule has 0 saturated carbocycles. The van der Waals surface area contributed by atoms with Crippen molar-refractivity contribution in [2.45, 2.75) is 26.5 Å². The molecule has 0 unspecified atom stereocenters. The summed E-state index contributed by atoms with van der Waals surface area (Å²) < 4.78 is 8.19. The number of rotatable bonds is 7. The van der Waals surface area contributed by atoms with Gasteiger partial charge in [0, 0.05) is 0 Å². The van der Waals surface area contributed by atoms with E-state index in [0.717, 1.165) is 22.4 Å². The van der Waals surface area contributed by atoms with Gasteiger partial charge in [-0.15, -0.1) is 0 Å². The van der Waals surface area contributed by atoms with Gasteiger partial charge in [-0.05, 0) is 0 Å². The quantitative estimate of drug-likeness (QED) is 0.550. The average Bonchev–Trinajstić information content (AvgIpc) is 3.14. The Morgan fingerprint density at radius 2 is 1.97 bits per heavy atom. The molecule has 0 spiro atoms. The second-order valence-corrected chi connectivity index (χ2v) is 9.81. The third-order valence-corrected chi connectivity index (χ3v) is 7.21. The molecule has 4 rings (SSSR count). The van der Waals surface area contributed by atoms with Crippen molar-refractivity contribution in [1.82, 2.24) is 9.88 Å². The number of benzene rings is 2. The maximum absolute atomic E-state index is 10.9. The molecule has 1 aromatic heterocycles. The first kappa shape index (κ1) is 19.9. The van der Waals surface area contributed by atoms with Crippen molar-refractivity contribution in [3.63, 3.8) is 0 Å². The fourth-order valence-corrected chi connectivity index (χ4v) is 5.33. The summed E-state index contributed by atoms with van der Waals surface area (Å²) in [5.74, 6) is -0.0188. The summed E-state index contributed by atoms with van der Waals surface area (Å²) in [5.41, 5.74) is 3.54. The van der Waals surface area contributed by atoms with Crippen LogP contribution < -0.4 is 4.74 Å². The normalized spacial score (nSPS) is 14.7. The Kier molecular flexibility index (Phi) is 5.86. The van der Waals surface area contributed by atoms with E-state index in [-0.39, 0.29) is 26.5 Å². The van der Waals surface area contributed by atoms with E-state index in [4.69, 9.17) is 9.84 Å². The van der Waals surface area contributed by atoms with Gasteiger partial charge in [0.25, 0.3) is 0 Å². The number of carbonyl (C=O) groups is 1. The van der Waals surface area contributed by atoms with E-state index in [1.165, 1.54) is 15.6 Å². The molecule has 3 aromatic rings. The van der Waals surface area contributed by atoms with Crippen LogP contribution in [0.4, 0.5) is 0 Å². The number of hydrogen-bond acceptors (Lipinski definition) is 4. The van der Waals surface area contributed by atoms with Crippen LogP contribution in [0, 0.1) is 5.92 Å². The number of aliphatic carboxylic acids is 1. The second kappa shape index (κ2) is 8.54. The first-order valence-electron chi connectivity index (χ1n) is 9.75.